The molecule has 1 fully saturated rings. The van der Waals surface area contributed by atoms with Crippen molar-refractivity contribution in [1.29, 1.82) is 0 Å². The molecule has 1 amide bonds. The minimum absolute atomic E-state index is 0.236. The predicted octanol–water partition coefficient (Wildman–Crippen LogP) is 1.96. The van der Waals surface area contributed by atoms with Crippen LogP contribution in [0.5, 0.6) is 5.75 Å². The molecule has 0 atom stereocenters. The van der Waals surface area contributed by atoms with Crippen LogP contribution in [-0.4, -0.2) is 31.3 Å². The lowest BCUT2D eigenvalue weighted by Crippen LogP contribution is -2.23. The molecule has 1 aliphatic heterocycles. The van der Waals surface area contributed by atoms with Gasteiger partial charge in [-0.3, -0.25) is 0 Å². The first-order valence-electron chi connectivity index (χ1n) is 5.25. The minimum Gasteiger partial charge on any atom is -0.497 e. The number of ether oxygens (including phenoxy) is 2. The van der Waals surface area contributed by atoms with Crippen LogP contribution in [0.25, 0.3) is 0 Å². The van der Waals surface area contributed by atoms with E-state index in [9.17, 15) is 4.79 Å². The van der Waals surface area contributed by atoms with Gasteiger partial charge in [-0.05, 0) is 30.2 Å². The maximum atomic E-state index is 11.3. The van der Waals surface area contributed by atoms with Crippen LogP contribution in [0.2, 0.25) is 0 Å². The highest BCUT2D eigenvalue weighted by molar-refractivity contribution is 5.69. The lowest BCUT2D eigenvalue weighted by atomic mass is 10.1. The number of carbonyl (C=O) groups is 1. The van der Waals surface area contributed by atoms with Gasteiger partial charge in [0.15, 0.2) is 0 Å². The zero-order valence-electron chi connectivity index (χ0n) is 9.53. The highest BCUT2D eigenvalue weighted by Gasteiger charge is 2.21. The van der Waals surface area contributed by atoms with E-state index in [2.05, 4.69) is 0 Å². The van der Waals surface area contributed by atoms with Gasteiger partial charge in [0, 0.05) is 6.54 Å². The normalized spacial score (nSPS) is 15.1. The Hall–Kier alpha value is -1.71. The summed E-state index contributed by atoms with van der Waals surface area (Å²) in [6.07, 6.45) is -0.236. The molecule has 16 heavy (non-hydrogen) atoms. The van der Waals surface area contributed by atoms with Crippen molar-refractivity contribution in [3.63, 3.8) is 0 Å². The summed E-state index contributed by atoms with van der Waals surface area (Å²) < 4.78 is 10.1. The molecule has 86 valence electrons. The highest BCUT2D eigenvalue weighted by Crippen LogP contribution is 2.19. The van der Waals surface area contributed by atoms with Crippen molar-refractivity contribution in [2.75, 3.05) is 20.3 Å². The van der Waals surface area contributed by atoms with Crippen molar-refractivity contribution < 1.29 is 14.3 Å². The number of hydrogen-bond acceptors (Lipinski definition) is 3. The Bertz CT molecular complexity index is 403. The van der Waals surface area contributed by atoms with Gasteiger partial charge in [0.05, 0.1) is 13.7 Å². The number of hydrogen-bond donors (Lipinski definition) is 0. The number of benzene rings is 1. The third-order valence-electron chi connectivity index (χ3n) is 2.56. The van der Waals surface area contributed by atoms with E-state index in [0.717, 1.165) is 16.9 Å². The largest absolute Gasteiger partial charge is 0.497 e. The summed E-state index contributed by atoms with van der Waals surface area (Å²) in [7, 11) is 1.64. The zero-order valence-corrected chi connectivity index (χ0v) is 9.53. The fraction of sp³-hybridized carbons (Fsp3) is 0.417. The van der Waals surface area contributed by atoms with E-state index in [-0.39, 0.29) is 6.09 Å². The van der Waals surface area contributed by atoms with Gasteiger partial charge in [0.2, 0.25) is 0 Å². The number of aryl methyl sites for hydroxylation is 1. The average molecular weight is 221 g/mol. The number of rotatable bonds is 3. The topological polar surface area (TPSA) is 38.8 Å². The Labute approximate surface area is 94.8 Å². The fourth-order valence-corrected chi connectivity index (χ4v) is 1.82. The maximum Gasteiger partial charge on any atom is 0.410 e. The standard InChI is InChI=1S/C12H15NO3/c1-9-5-10(7-11(6-9)15-2)8-13-3-4-16-12(13)14/h5-7H,3-4,8H2,1-2H3. The molecule has 1 aromatic carbocycles. The zero-order chi connectivity index (χ0) is 11.5. The van der Waals surface area contributed by atoms with Gasteiger partial charge in [-0.15, -0.1) is 0 Å². The molecule has 2 rings (SSSR count). The summed E-state index contributed by atoms with van der Waals surface area (Å²) >= 11 is 0. The van der Waals surface area contributed by atoms with E-state index in [4.69, 9.17) is 9.47 Å². The first-order chi connectivity index (χ1) is 7.69. The summed E-state index contributed by atoms with van der Waals surface area (Å²) in [6.45, 7) is 3.74. The Balaban J connectivity index is 2.14. The van der Waals surface area contributed by atoms with Crippen molar-refractivity contribution in [2.45, 2.75) is 13.5 Å². The minimum atomic E-state index is -0.236. The van der Waals surface area contributed by atoms with Gasteiger partial charge < -0.3 is 14.4 Å². The molecule has 0 spiro atoms. The van der Waals surface area contributed by atoms with Crippen LogP contribution in [0.3, 0.4) is 0 Å². The lowest BCUT2D eigenvalue weighted by molar-refractivity contribution is 0.157. The van der Waals surface area contributed by atoms with Crippen LogP contribution in [0.4, 0.5) is 4.79 Å². The summed E-state index contributed by atoms with van der Waals surface area (Å²) in [6, 6.07) is 5.96. The van der Waals surface area contributed by atoms with Crippen molar-refractivity contribution in [2.24, 2.45) is 0 Å². The highest BCUT2D eigenvalue weighted by atomic mass is 16.6. The smallest absolute Gasteiger partial charge is 0.410 e. The molecule has 0 N–H and O–H groups in total. The number of cyclic esters (lactones) is 1. The van der Waals surface area contributed by atoms with Gasteiger partial charge in [0.25, 0.3) is 0 Å². The Kier molecular flexibility index (Phi) is 2.99. The van der Waals surface area contributed by atoms with Crippen molar-refractivity contribution in [3.05, 3.63) is 29.3 Å². The fourth-order valence-electron chi connectivity index (χ4n) is 1.82. The molecular weight excluding hydrogens is 206 g/mol. The molecule has 4 heteroatoms. The van der Waals surface area contributed by atoms with E-state index in [1.165, 1.54) is 0 Å². The molecule has 0 aliphatic carbocycles. The van der Waals surface area contributed by atoms with Crippen LogP contribution in [-0.2, 0) is 11.3 Å². The van der Waals surface area contributed by atoms with Crippen LogP contribution >= 0.6 is 0 Å². The van der Waals surface area contributed by atoms with Crippen molar-refractivity contribution in [1.82, 2.24) is 4.90 Å². The molecule has 0 unspecified atom stereocenters. The van der Waals surface area contributed by atoms with Gasteiger partial charge >= 0.3 is 6.09 Å². The van der Waals surface area contributed by atoms with Gasteiger partial charge in [0.1, 0.15) is 12.4 Å². The monoisotopic (exact) mass is 221 g/mol. The van der Waals surface area contributed by atoms with Crippen LogP contribution in [0.1, 0.15) is 11.1 Å². The maximum absolute atomic E-state index is 11.3. The van der Waals surface area contributed by atoms with Crippen LogP contribution in [0, 0.1) is 6.92 Å². The second-order valence-corrected chi connectivity index (χ2v) is 3.89. The summed E-state index contributed by atoms with van der Waals surface area (Å²) in [5.74, 6) is 0.822. The van der Waals surface area contributed by atoms with Crippen LogP contribution in [0.15, 0.2) is 18.2 Å². The van der Waals surface area contributed by atoms with E-state index >= 15 is 0 Å². The second-order valence-electron chi connectivity index (χ2n) is 3.89. The van der Waals surface area contributed by atoms with Crippen molar-refractivity contribution in [3.8, 4) is 5.75 Å². The Morgan fingerprint density at radius 3 is 2.88 bits per heavy atom. The van der Waals surface area contributed by atoms with Crippen LogP contribution < -0.4 is 4.74 Å². The summed E-state index contributed by atoms with van der Waals surface area (Å²) in [5.41, 5.74) is 2.19. The Morgan fingerprint density at radius 1 is 1.44 bits per heavy atom. The molecule has 0 bridgehead atoms. The number of amides is 1. The lowest BCUT2D eigenvalue weighted by Gasteiger charge is -2.13. The third-order valence-corrected chi connectivity index (χ3v) is 2.56. The molecule has 1 aliphatic rings. The molecule has 4 nitrogen and oxygen atoms in total. The van der Waals surface area contributed by atoms with E-state index < -0.39 is 0 Å². The SMILES string of the molecule is COc1cc(C)cc(CN2CCOC2=O)c1. The molecular formula is C12H15NO3. The van der Waals surface area contributed by atoms with E-state index in [1.807, 2.05) is 25.1 Å². The van der Waals surface area contributed by atoms with Gasteiger partial charge in [-0.2, -0.15) is 0 Å². The molecule has 0 aromatic heterocycles. The quantitative estimate of drug-likeness (QED) is 0.783. The average Bonchev–Trinajstić information content (AvgIpc) is 2.63. The first-order valence-corrected chi connectivity index (χ1v) is 5.25. The van der Waals surface area contributed by atoms with Crippen molar-refractivity contribution >= 4 is 6.09 Å². The number of nitrogens with zero attached hydrogens (tertiary/aromatic N) is 1. The third kappa shape index (κ3) is 2.27. The first kappa shape index (κ1) is 10.8. The molecule has 1 heterocycles. The second kappa shape index (κ2) is 4.43. The summed E-state index contributed by atoms with van der Waals surface area (Å²) in [4.78, 5) is 13.0. The number of methoxy groups -OCH3 is 1. The van der Waals surface area contributed by atoms with Gasteiger partial charge in [-0.25, -0.2) is 4.79 Å². The van der Waals surface area contributed by atoms with E-state index in [1.54, 1.807) is 12.0 Å². The molecule has 0 saturated carbocycles. The molecule has 1 saturated heterocycles. The summed E-state index contributed by atoms with van der Waals surface area (Å²) in [5, 5.41) is 0. The Morgan fingerprint density at radius 2 is 2.25 bits per heavy atom. The van der Waals surface area contributed by atoms with Gasteiger partial charge in [-0.1, -0.05) is 6.07 Å². The molecule has 1 aromatic rings. The number of carbonyl (C=O) groups excluding carboxylic acids is 1. The van der Waals surface area contributed by atoms with E-state index in [0.29, 0.717) is 19.7 Å². The predicted molar refractivity (Wildman–Crippen MR) is 59.5 cm³/mol. The molecule has 0 radical (unpaired) electrons.